The van der Waals surface area contributed by atoms with Crippen LogP contribution in [0.3, 0.4) is 0 Å². The second-order valence-electron chi connectivity index (χ2n) is 9.13. The normalized spacial score (nSPS) is 24.2. The average Bonchev–Trinajstić information content (AvgIpc) is 2.67. The zero-order valence-electron chi connectivity index (χ0n) is 17.7. The topological polar surface area (TPSA) is 50.8 Å². The second kappa shape index (κ2) is 9.75. The van der Waals surface area contributed by atoms with Gasteiger partial charge in [0.15, 0.2) is 0 Å². The van der Waals surface area contributed by atoms with E-state index in [2.05, 4.69) is 29.6 Å². The minimum Gasteiger partial charge on any atom is -0.444 e. The van der Waals surface area contributed by atoms with Crippen molar-refractivity contribution >= 4 is 6.09 Å². The average molecular weight is 389 g/mol. The number of benzene rings is 1. The van der Waals surface area contributed by atoms with E-state index in [9.17, 15) is 4.79 Å². The lowest BCUT2D eigenvalue weighted by Gasteiger charge is -2.38. The molecule has 1 saturated heterocycles. The third kappa shape index (κ3) is 6.49. The van der Waals surface area contributed by atoms with Gasteiger partial charge in [-0.25, -0.2) is 4.79 Å². The molecule has 1 unspecified atom stereocenters. The van der Waals surface area contributed by atoms with Crippen LogP contribution in [0.25, 0.3) is 0 Å². The number of likely N-dealkylation sites (tertiary alicyclic amines) is 1. The lowest BCUT2D eigenvalue weighted by molar-refractivity contribution is -0.0120. The van der Waals surface area contributed by atoms with Crippen molar-refractivity contribution in [3.8, 4) is 0 Å². The summed E-state index contributed by atoms with van der Waals surface area (Å²) in [4.78, 5) is 14.1. The quantitative estimate of drug-likeness (QED) is 0.807. The summed E-state index contributed by atoms with van der Waals surface area (Å²) in [6, 6.07) is 11.3. The molecule has 0 radical (unpaired) electrons. The number of nitrogens with zero attached hydrogens (tertiary/aromatic N) is 1. The first kappa shape index (κ1) is 21.1. The predicted molar refractivity (Wildman–Crippen MR) is 111 cm³/mol. The van der Waals surface area contributed by atoms with E-state index in [1.807, 2.05) is 31.7 Å². The molecule has 1 amide bonds. The number of ether oxygens (including phenoxy) is 2. The number of carbonyl (C=O) groups is 1. The molecule has 1 aromatic carbocycles. The number of nitrogens with one attached hydrogen (secondary N) is 1. The molecule has 2 atom stereocenters. The lowest BCUT2D eigenvalue weighted by atomic mass is 9.90. The molecule has 1 saturated carbocycles. The van der Waals surface area contributed by atoms with Gasteiger partial charge in [0, 0.05) is 25.2 Å². The Morgan fingerprint density at radius 3 is 2.43 bits per heavy atom. The van der Waals surface area contributed by atoms with Crippen LogP contribution in [0, 0.1) is 0 Å². The Balaban J connectivity index is 1.45. The van der Waals surface area contributed by atoms with Gasteiger partial charge in [0.1, 0.15) is 5.60 Å². The Morgan fingerprint density at radius 2 is 1.75 bits per heavy atom. The summed E-state index contributed by atoms with van der Waals surface area (Å²) in [5, 5.41) is 3.85. The molecule has 5 nitrogen and oxygen atoms in total. The molecule has 1 aliphatic carbocycles. The van der Waals surface area contributed by atoms with Gasteiger partial charge in [0.2, 0.25) is 0 Å². The lowest BCUT2D eigenvalue weighted by Crippen LogP contribution is -2.52. The zero-order valence-corrected chi connectivity index (χ0v) is 17.7. The third-order valence-electron chi connectivity index (χ3n) is 5.61. The summed E-state index contributed by atoms with van der Waals surface area (Å²) < 4.78 is 11.8. The van der Waals surface area contributed by atoms with Crippen LogP contribution in [-0.4, -0.2) is 47.9 Å². The fourth-order valence-corrected chi connectivity index (χ4v) is 4.12. The highest BCUT2D eigenvalue weighted by molar-refractivity contribution is 5.68. The van der Waals surface area contributed by atoms with Crippen LogP contribution in [0.5, 0.6) is 0 Å². The van der Waals surface area contributed by atoms with Crippen LogP contribution in [0.15, 0.2) is 30.3 Å². The van der Waals surface area contributed by atoms with E-state index in [1.165, 1.54) is 24.8 Å². The van der Waals surface area contributed by atoms with Gasteiger partial charge in [-0.3, -0.25) is 0 Å². The van der Waals surface area contributed by atoms with Crippen LogP contribution in [0.2, 0.25) is 0 Å². The molecule has 1 aromatic rings. The van der Waals surface area contributed by atoms with Gasteiger partial charge < -0.3 is 19.7 Å². The van der Waals surface area contributed by atoms with Crippen LogP contribution in [0.1, 0.15) is 64.9 Å². The number of rotatable bonds is 5. The molecule has 0 bridgehead atoms. The van der Waals surface area contributed by atoms with Gasteiger partial charge in [0.25, 0.3) is 0 Å². The highest BCUT2D eigenvalue weighted by Gasteiger charge is 2.31. The SMILES string of the molecule is CC(C)(C)OC(=O)N1CCC(NC2CCCC[C@@H]2OCc2ccccc2)CC1. The van der Waals surface area contributed by atoms with Crippen molar-refractivity contribution in [2.24, 2.45) is 0 Å². The number of hydrogen-bond acceptors (Lipinski definition) is 4. The number of amides is 1. The molecule has 2 aliphatic rings. The molecule has 1 N–H and O–H groups in total. The molecule has 0 spiro atoms. The first-order valence-electron chi connectivity index (χ1n) is 10.8. The molecule has 0 aromatic heterocycles. The van der Waals surface area contributed by atoms with Crippen molar-refractivity contribution in [3.05, 3.63) is 35.9 Å². The van der Waals surface area contributed by atoms with E-state index in [0.29, 0.717) is 18.7 Å². The van der Waals surface area contributed by atoms with Crippen molar-refractivity contribution in [2.75, 3.05) is 13.1 Å². The predicted octanol–water partition coefficient (Wildman–Crippen LogP) is 4.50. The molecule has 156 valence electrons. The van der Waals surface area contributed by atoms with Crippen molar-refractivity contribution in [1.29, 1.82) is 0 Å². The van der Waals surface area contributed by atoms with E-state index in [1.54, 1.807) is 0 Å². The Morgan fingerprint density at radius 1 is 1.07 bits per heavy atom. The maximum atomic E-state index is 12.2. The maximum absolute atomic E-state index is 12.2. The minimum absolute atomic E-state index is 0.187. The van der Waals surface area contributed by atoms with E-state index >= 15 is 0 Å². The largest absolute Gasteiger partial charge is 0.444 e. The van der Waals surface area contributed by atoms with Gasteiger partial charge in [-0.2, -0.15) is 0 Å². The summed E-state index contributed by atoms with van der Waals surface area (Å²) in [6.45, 7) is 7.94. The fourth-order valence-electron chi connectivity index (χ4n) is 4.12. The van der Waals surface area contributed by atoms with Crippen molar-refractivity contribution in [1.82, 2.24) is 10.2 Å². The maximum Gasteiger partial charge on any atom is 0.410 e. The third-order valence-corrected chi connectivity index (χ3v) is 5.61. The Hall–Kier alpha value is -1.59. The summed E-state index contributed by atoms with van der Waals surface area (Å²) in [5.41, 5.74) is 0.801. The first-order valence-corrected chi connectivity index (χ1v) is 10.8. The van der Waals surface area contributed by atoms with Gasteiger partial charge in [0.05, 0.1) is 12.7 Å². The molecule has 3 rings (SSSR count). The van der Waals surface area contributed by atoms with Crippen LogP contribution in [0.4, 0.5) is 4.79 Å². The summed E-state index contributed by atoms with van der Waals surface area (Å²) in [5.74, 6) is 0. The first-order chi connectivity index (χ1) is 13.4. The van der Waals surface area contributed by atoms with Gasteiger partial charge in [-0.15, -0.1) is 0 Å². The van der Waals surface area contributed by atoms with E-state index in [-0.39, 0.29) is 12.2 Å². The second-order valence-corrected chi connectivity index (χ2v) is 9.13. The summed E-state index contributed by atoms with van der Waals surface area (Å²) in [7, 11) is 0. The minimum atomic E-state index is -0.433. The molecule has 2 fully saturated rings. The standard InChI is InChI=1S/C23H36N2O3/c1-23(2,3)28-22(26)25-15-13-19(14-16-25)24-20-11-7-8-12-21(20)27-17-18-9-5-4-6-10-18/h4-6,9-10,19-21,24H,7-8,11-17H2,1-3H3/t20?,21-/m0/s1. The molecule has 5 heteroatoms. The van der Waals surface area contributed by atoms with Crippen LogP contribution >= 0.6 is 0 Å². The van der Waals surface area contributed by atoms with Crippen LogP contribution < -0.4 is 5.32 Å². The number of carbonyl (C=O) groups excluding carboxylic acids is 1. The molecule has 1 aliphatic heterocycles. The van der Waals surface area contributed by atoms with E-state index in [4.69, 9.17) is 9.47 Å². The molecular formula is C23H36N2O3. The van der Waals surface area contributed by atoms with Gasteiger partial charge >= 0.3 is 6.09 Å². The smallest absolute Gasteiger partial charge is 0.410 e. The fraction of sp³-hybridized carbons (Fsp3) is 0.696. The van der Waals surface area contributed by atoms with Gasteiger partial charge in [-0.1, -0.05) is 43.2 Å². The van der Waals surface area contributed by atoms with Crippen LogP contribution in [-0.2, 0) is 16.1 Å². The molecule has 1 heterocycles. The highest BCUT2D eigenvalue weighted by Crippen LogP contribution is 2.24. The number of hydrogen-bond donors (Lipinski definition) is 1. The van der Waals surface area contributed by atoms with E-state index < -0.39 is 5.60 Å². The zero-order chi connectivity index (χ0) is 20.0. The monoisotopic (exact) mass is 388 g/mol. The summed E-state index contributed by atoms with van der Waals surface area (Å²) >= 11 is 0. The summed E-state index contributed by atoms with van der Waals surface area (Å²) in [6.07, 6.45) is 6.84. The molecular weight excluding hydrogens is 352 g/mol. The van der Waals surface area contributed by atoms with Gasteiger partial charge in [-0.05, 0) is 52.0 Å². The Labute approximate surface area is 169 Å². The molecule has 28 heavy (non-hydrogen) atoms. The van der Waals surface area contributed by atoms with Crippen molar-refractivity contribution in [3.63, 3.8) is 0 Å². The Kier molecular flexibility index (Phi) is 7.36. The Bertz CT molecular complexity index is 606. The van der Waals surface area contributed by atoms with Crippen molar-refractivity contribution in [2.45, 2.75) is 89.7 Å². The van der Waals surface area contributed by atoms with E-state index in [0.717, 1.165) is 32.4 Å². The van der Waals surface area contributed by atoms with Crippen molar-refractivity contribution < 1.29 is 14.3 Å². The highest BCUT2D eigenvalue weighted by atomic mass is 16.6. The number of piperidine rings is 1.